The number of nitrogens with zero attached hydrogens (tertiary/aromatic N) is 2. The second-order valence-corrected chi connectivity index (χ2v) is 8.76. The number of fused-ring (bicyclic) bond motifs is 1. The van der Waals surface area contributed by atoms with Gasteiger partial charge >= 0.3 is 0 Å². The lowest BCUT2D eigenvalue weighted by Gasteiger charge is -2.39. The molecule has 2 unspecified atom stereocenters. The molecule has 0 saturated heterocycles. The number of aromatic nitrogens is 2. The predicted molar refractivity (Wildman–Crippen MR) is 123 cm³/mol. The SMILES string of the molecule is CC1=CCC(C)(C(Nc2cc(Cl)c(Cl)cn2)c2ccc3cccnc3c2)C=C1C. The van der Waals surface area contributed by atoms with Crippen molar-refractivity contribution in [2.24, 2.45) is 5.41 Å². The Hall–Kier alpha value is -2.36. The first-order valence-electron chi connectivity index (χ1n) is 9.64. The molecule has 4 rings (SSSR count). The van der Waals surface area contributed by atoms with Crippen molar-refractivity contribution in [3.63, 3.8) is 0 Å². The van der Waals surface area contributed by atoms with Crippen LogP contribution in [0.2, 0.25) is 10.0 Å². The van der Waals surface area contributed by atoms with Crippen LogP contribution in [-0.2, 0) is 0 Å². The molecule has 0 amide bonds. The zero-order valence-corrected chi connectivity index (χ0v) is 18.2. The van der Waals surface area contributed by atoms with Gasteiger partial charge in [-0.15, -0.1) is 0 Å². The maximum Gasteiger partial charge on any atom is 0.127 e. The Bertz CT molecular complexity index is 1140. The van der Waals surface area contributed by atoms with Crippen molar-refractivity contribution >= 4 is 39.9 Å². The first kappa shape index (κ1) is 19.9. The van der Waals surface area contributed by atoms with Gasteiger partial charge in [0.05, 0.1) is 21.6 Å². The number of anilines is 1. The van der Waals surface area contributed by atoms with Gasteiger partial charge in [-0.1, -0.05) is 71.6 Å². The molecular weight excluding hydrogens is 401 g/mol. The molecule has 1 aliphatic rings. The standard InChI is InChI=1S/C24H23Cl2N3/c1-15-8-9-24(3,13-16(15)2)23(29-22-12-19(25)20(26)14-28-22)18-7-6-17-5-4-10-27-21(17)11-18/h4-8,10-14,23H,9H2,1-3H3,(H,28,29). The number of pyridine rings is 2. The fourth-order valence-corrected chi connectivity index (χ4v) is 4.19. The maximum atomic E-state index is 6.24. The average Bonchev–Trinajstić information content (AvgIpc) is 2.71. The molecule has 5 heteroatoms. The largest absolute Gasteiger partial charge is 0.362 e. The molecule has 1 aliphatic carbocycles. The van der Waals surface area contributed by atoms with Crippen molar-refractivity contribution in [1.82, 2.24) is 9.97 Å². The summed E-state index contributed by atoms with van der Waals surface area (Å²) in [7, 11) is 0. The van der Waals surface area contributed by atoms with Crippen LogP contribution in [0.1, 0.15) is 38.8 Å². The zero-order chi connectivity index (χ0) is 20.6. The molecule has 29 heavy (non-hydrogen) atoms. The molecule has 1 aromatic carbocycles. The molecule has 0 aliphatic heterocycles. The molecule has 148 valence electrons. The van der Waals surface area contributed by atoms with Crippen molar-refractivity contribution < 1.29 is 0 Å². The fraction of sp³-hybridized carbons (Fsp3) is 0.250. The Labute approximate surface area is 181 Å². The molecule has 2 heterocycles. The summed E-state index contributed by atoms with van der Waals surface area (Å²) in [5.74, 6) is 0.698. The highest BCUT2D eigenvalue weighted by Crippen LogP contribution is 2.45. The van der Waals surface area contributed by atoms with E-state index in [-0.39, 0.29) is 11.5 Å². The summed E-state index contributed by atoms with van der Waals surface area (Å²) in [5, 5.41) is 5.67. The van der Waals surface area contributed by atoms with Gasteiger partial charge in [-0.3, -0.25) is 4.98 Å². The lowest BCUT2D eigenvalue weighted by Crippen LogP contribution is -2.31. The van der Waals surface area contributed by atoms with E-state index in [1.807, 2.05) is 12.3 Å². The minimum Gasteiger partial charge on any atom is -0.362 e. The van der Waals surface area contributed by atoms with E-state index in [0.29, 0.717) is 15.9 Å². The monoisotopic (exact) mass is 423 g/mol. The van der Waals surface area contributed by atoms with Gasteiger partial charge in [0.25, 0.3) is 0 Å². The van der Waals surface area contributed by atoms with Crippen LogP contribution in [-0.4, -0.2) is 9.97 Å². The van der Waals surface area contributed by atoms with Crippen LogP contribution in [0.5, 0.6) is 0 Å². The number of halogens is 2. The number of benzene rings is 1. The highest BCUT2D eigenvalue weighted by atomic mass is 35.5. The molecule has 0 saturated carbocycles. The van der Waals surface area contributed by atoms with Crippen LogP contribution in [0.15, 0.2) is 72.1 Å². The third kappa shape index (κ3) is 4.03. The van der Waals surface area contributed by atoms with Gasteiger partial charge < -0.3 is 5.32 Å². The highest BCUT2D eigenvalue weighted by molar-refractivity contribution is 6.42. The molecule has 0 fully saturated rings. The van der Waals surface area contributed by atoms with Gasteiger partial charge in [-0.25, -0.2) is 4.98 Å². The summed E-state index contributed by atoms with van der Waals surface area (Å²) in [6.07, 6.45) is 9.01. The van der Waals surface area contributed by atoms with E-state index >= 15 is 0 Å². The predicted octanol–water partition coefficient (Wildman–Crippen LogP) is 7.39. The molecule has 0 radical (unpaired) electrons. The van der Waals surface area contributed by atoms with E-state index in [1.165, 1.54) is 11.1 Å². The number of nitrogens with one attached hydrogen (secondary N) is 1. The van der Waals surface area contributed by atoms with Gasteiger partial charge in [0.1, 0.15) is 5.82 Å². The third-order valence-corrected chi connectivity index (χ3v) is 6.45. The van der Waals surface area contributed by atoms with E-state index in [0.717, 1.165) is 22.9 Å². The highest BCUT2D eigenvalue weighted by Gasteiger charge is 2.35. The first-order chi connectivity index (χ1) is 13.9. The summed E-state index contributed by atoms with van der Waals surface area (Å²) in [4.78, 5) is 8.99. The Balaban J connectivity index is 1.80. The lowest BCUT2D eigenvalue weighted by molar-refractivity contribution is 0.359. The Kier molecular flexibility index (Phi) is 5.37. The number of hydrogen-bond acceptors (Lipinski definition) is 3. The number of hydrogen-bond donors (Lipinski definition) is 1. The molecule has 3 aromatic rings. The molecule has 2 atom stereocenters. The molecule has 0 bridgehead atoms. The molecular formula is C24H23Cl2N3. The van der Waals surface area contributed by atoms with E-state index in [1.54, 1.807) is 12.3 Å². The van der Waals surface area contributed by atoms with Crippen LogP contribution in [0.3, 0.4) is 0 Å². The average molecular weight is 424 g/mol. The summed E-state index contributed by atoms with van der Waals surface area (Å²) in [6, 6.07) is 12.2. The normalized spacial score (nSPS) is 20.2. The van der Waals surface area contributed by atoms with Gasteiger partial charge in [-0.2, -0.15) is 0 Å². The van der Waals surface area contributed by atoms with Gasteiger partial charge in [0.15, 0.2) is 0 Å². The second-order valence-electron chi connectivity index (χ2n) is 7.94. The van der Waals surface area contributed by atoms with Crippen LogP contribution < -0.4 is 5.32 Å². The topological polar surface area (TPSA) is 37.8 Å². The number of allylic oxidation sites excluding steroid dienone is 3. The van der Waals surface area contributed by atoms with Crippen molar-refractivity contribution in [2.45, 2.75) is 33.2 Å². The van der Waals surface area contributed by atoms with E-state index in [2.05, 4.69) is 72.5 Å². The third-order valence-electron chi connectivity index (χ3n) is 5.74. The Morgan fingerprint density at radius 2 is 1.86 bits per heavy atom. The van der Waals surface area contributed by atoms with Crippen molar-refractivity contribution in [2.75, 3.05) is 5.32 Å². The fourth-order valence-electron chi connectivity index (χ4n) is 3.94. The minimum atomic E-state index is -0.139. The molecule has 1 N–H and O–H groups in total. The first-order valence-corrected chi connectivity index (χ1v) is 10.4. The van der Waals surface area contributed by atoms with Crippen LogP contribution in [0, 0.1) is 5.41 Å². The Morgan fingerprint density at radius 1 is 1.03 bits per heavy atom. The summed E-state index contributed by atoms with van der Waals surface area (Å²) >= 11 is 12.3. The van der Waals surface area contributed by atoms with Crippen molar-refractivity contribution in [3.8, 4) is 0 Å². The number of rotatable bonds is 4. The lowest BCUT2D eigenvalue weighted by atomic mass is 9.71. The maximum absolute atomic E-state index is 6.24. The van der Waals surface area contributed by atoms with Gasteiger partial charge in [-0.05, 0) is 38.0 Å². The van der Waals surface area contributed by atoms with Gasteiger partial charge in [0, 0.05) is 29.3 Å². The van der Waals surface area contributed by atoms with Crippen molar-refractivity contribution in [3.05, 3.63) is 87.7 Å². The Morgan fingerprint density at radius 3 is 2.62 bits per heavy atom. The van der Waals surface area contributed by atoms with E-state index in [9.17, 15) is 0 Å². The van der Waals surface area contributed by atoms with E-state index in [4.69, 9.17) is 23.2 Å². The van der Waals surface area contributed by atoms with Crippen LogP contribution in [0.4, 0.5) is 5.82 Å². The van der Waals surface area contributed by atoms with E-state index < -0.39 is 0 Å². The van der Waals surface area contributed by atoms with Gasteiger partial charge in [0.2, 0.25) is 0 Å². The smallest absolute Gasteiger partial charge is 0.127 e. The van der Waals surface area contributed by atoms with Crippen LogP contribution in [0.25, 0.3) is 10.9 Å². The molecule has 0 spiro atoms. The summed E-state index contributed by atoms with van der Waals surface area (Å²) in [6.45, 7) is 6.60. The minimum absolute atomic E-state index is 0.0158. The van der Waals surface area contributed by atoms with Crippen molar-refractivity contribution in [1.29, 1.82) is 0 Å². The molecule has 3 nitrogen and oxygen atoms in total. The quantitative estimate of drug-likeness (QED) is 0.474. The summed E-state index contributed by atoms with van der Waals surface area (Å²) < 4.78 is 0. The summed E-state index contributed by atoms with van der Waals surface area (Å²) in [5.41, 5.74) is 4.62. The zero-order valence-electron chi connectivity index (χ0n) is 16.7. The molecule has 2 aromatic heterocycles. The van der Waals surface area contributed by atoms with Crippen LogP contribution >= 0.6 is 23.2 Å². The second kappa shape index (κ2) is 7.81.